The lowest BCUT2D eigenvalue weighted by atomic mass is 9.95. The fraction of sp³-hybridized carbons (Fsp3) is 0.222. The number of fused-ring (bicyclic) bond motifs is 2. The van der Waals surface area contributed by atoms with Gasteiger partial charge in [-0.15, -0.1) is 0 Å². The molecule has 0 aliphatic heterocycles. The topological polar surface area (TPSA) is 0 Å². The van der Waals surface area contributed by atoms with Gasteiger partial charge >= 0.3 is 0 Å². The summed E-state index contributed by atoms with van der Waals surface area (Å²) in [5.74, 6) is 0. The summed E-state index contributed by atoms with van der Waals surface area (Å²) in [6.45, 7) is 13.9. The molecule has 0 unspecified atom stereocenters. The molecule has 0 N–H and O–H groups in total. The second-order valence-electron chi connectivity index (χ2n) is 11.8. The molecule has 0 radical (unpaired) electrons. The molecule has 0 amide bonds. The third-order valence-electron chi connectivity index (χ3n) is 8.46. The molecule has 1 heteroatoms. The van der Waals surface area contributed by atoms with E-state index in [0.29, 0.717) is 0 Å². The van der Waals surface area contributed by atoms with Crippen LogP contribution in [0, 0.1) is 27.7 Å². The maximum Gasteiger partial charge on any atom is 0.103 e. The summed E-state index contributed by atoms with van der Waals surface area (Å²) < 4.78 is 0. The van der Waals surface area contributed by atoms with Crippen molar-refractivity contribution in [2.24, 2.45) is 0 Å². The maximum absolute atomic E-state index is 2.56. The van der Waals surface area contributed by atoms with E-state index in [9.17, 15) is 0 Å². The number of aryl methyl sites for hydroxylation is 4. The van der Waals surface area contributed by atoms with E-state index in [1.807, 2.05) is 0 Å². The van der Waals surface area contributed by atoms with Crippen molar-refractivity contribution in [1.29, 1.82) is 0 Å². The van der Waals surface area contributed by atoms with Gasteiger partial charge in [-0.05, 0) is 85.0 Å². The average Bonchev–Trinajstić information content (AvgIpc) is 3.48. The minimum absolute atomic E-state index is 1.09. The van der Waals surface area contributed by atoms with Gasteiger partial charge in [-0.1, -0.05) is 131 Å². The van der Waals surface area contributed by atoms with Gasteiger partial charge in [0, 0.05) is 0 Å². The highest BCUT2D eigenvalue weighted by Gasteiger charge is 2.36. The molecule has 0 bridgehead atoms. The third-order valence-corrected chi connectivity index (χ3v) is 12.3. The van der Waals surface area contributed by atoms with Crippen molar-refractivity contribution in [2.45, 2.75) is 53.6 Å². The van der Waals surface area contributed by atoms with Crippen LogP contribution in [0.2, 0.25) is 13.1 Å². The van der Waals surface area contributed by atoms with E-state index in [4.69, 9.17) is 0 Å². The van der Waals surface area contributed by atoms with Crippen LogP contribution in [-0.2, 0) is 12.8 Å². The van der Waals surface area contributed by atoms with Crippen molar-refractivity contribution >= 4 is 20.2 Å². The van der Waals surface area contributed by atoms with Crippen LogP contribution < -0.4 is 0 Å². The fourth-order valence-electron chi connectivity index (χ4n) is 6.51. The van der Waals surface area contributed by atoms with Crippen LogP contribution in [0.1, 0.15) is 44.5 Å². The molecule has 2 aliphatic carbocycles. The monoisotopic (exact) mass is 496 g/mol. The maximum atomic E-state index is 2.56. The molecule has 0 heterocycles. The zero-order valence-electron chi connectivity index (χ0n) is 23.0. The van der Waals surface area contributed by atoms with Gasteiger partial charge in [0.1, 0.15) is 8.07 Å². The molecule has 4 aromatic carbocycles. The number of allylic oxidation sites excluding steroid dienone is 2. The Morgan fingerprint density at radius 3 is 1.27 bits per heavy atom. The highest BCUT2D eigenvalue weighted by atomic mass is 28.3. The van der Waals surface area contributed by atoms with E-state index in [1.54, 1.807) is 10.4 Å². The molecule has 2 aliphatic rings. The lowest BCUT2D eigenvalue weighted by molar-refractivity contribution is 1.22. The molecule has 0 fully saturated rings. The first kappa shape index (κ1) is 23.9. The van der Waals surface area contributed by atoms with Crippen molar-refractivity contribution in [1.82, 2.24) is 0 Å². The molecule has 0 aromatic heterocycles. The minimum Gasteiger partial charge on any atom is -0.0714 e. The van der Waals surface area contributed by atoms with Crippen molar-refractivity contribution in [2.75, 3.05) is 0 Å². The Hall–Kier alpha value is -3.42. The first-order valence-corrected chi connectivity index (χ1v) is 16.5. The largest absolute Gasteiger partial charge is 0.103 e. The van der Waals surface area contributed by atoms with Gasteiger partial charge < -0.3 is 0 Å². The quantitative estimate of drug-likeness (QED) is 0.247. The summed E-state index contributed by atoms with van der Waals surface area (Å²) in [6.07, 6.45) is 7.29. The van der Waals surface area contributed by atoms with Crippen molar-refractivity contribution in [3.05, 3.63) is 128 Å². The van der Waals surface area contributed by atoms with E-state index in [1.165, 1.54) is 66.8 Å². The number of hydrogen-bond donors (Lipinski definition) is 0. The van der Waals surface area contributed by atoms with Crippen LogP contribution in [0.3, 0.4) is 0 Å². The summed E-state index contributed by atoms with van der Waals surface area (Å²) in [5, 5.41) is 3.32. The van der Waals surface area contributed by atoms with Crippen molar-refractivity contribution in [3.63, 3.8) is 0 Å². The summed E-state index contributed by atoms with van der Waals surface area (Å²) in [4.78, 5) is 0. The Morgan fingerprint density at radius 2 is 0.892 bits per heavy atom. The Balaban J connectivity index is 1.39. The predicted octanol–water partition coefficient (Wildman–Crippen LogP) is 9.62. The number of hydrogen-bond acceptors (Lipinski definition) is 0. The van der Waals surface area contributed by atoms with Crippen LogP contribution >= 0.6 is 0 Å². The lowest BCUT2D eigenvalue weighted by Gasteiger charge is -2.26. The van der Waals surface area contributed by atoms with Crippen LogP contribution in [0.4, 0.5) is 0 Å². The Bertz CT molecular complexity index is 1470. The SMILES string of the molecule is Cc1cc(C)cc(-c2cccc3c2C=C([Si](C)(C)C2=Cc4c(cccc4-c4cc(C)cc(C)c4)C2)C3)c1. The van der Waals surface area contributed by atoms with Crippen molar-refractivity contribution < 1.29 is 0 Å². The third kappa shape index (κ3) is 4.26. The van der Waals surface area contributed by atoms with Crippen LogP contribution in [-0.4, -0.2) is 8.07 Å². The van der Waals surface area contributed by atoms with Gasteiger partial charge in [0.05, 0.1) is 0 Å². The van der Waals surface area contributed by atoms with E-state index in [0.717, 1.165) is 12.8 Å². The van der Waals surface area contributed by atoms with Gasteiger partial charge in [-0.3, -0.25) is 0 Å². The second kappa shape index (κ2) is 8.85. The summed E-state index contributed by atoms with van der Waals surface area (Å²) in [5.41, 5.74) is 16.6. The zero-order chi connectivity index (χ0) is 25.9. The molecule has 37 heavy (non-hydrogen) atoms. The molecule has 184 valence electrons. The first-order chi connectivity index (χ1) is 17.7. The fourth-order valence-corrected chi connectivity index (χ4v) is 9.20. The van der Waals surface area contributed by atoms with E-state index in [-0.39, 0.29) is 0 Å². The molecule has 0 saturated heterocycles. The average molecular weight is 497 g/mol. The van der Waals surface area contributed by atoms with E-state index < -0.39 is 8.07 Å². The Kier molecular flexibility index (Phi) is 5.73. The summed E-state index contributed by atoms with van der Waals surface area (Å²) >= 11 is 0. The number of rotatable bonds is 4. The molecule has 0 spiro atoms. The minimum atomic E-state index is -1.80. The molecular weight excluding hydrogens is 460 g/mol. The molecule has 4 aromatic rings. The second-order valence-corrected chi connectivity index (χ2v) is 16.4. The Labute approximate surface area is 223 Å². The van der Waals surface area contributed by atoms with Crippen LogP contribution in [0.25, 0.3) is 34.4 Å². The molecule has 0 atom stereocenters. The first-order valence-electron chi connectivity index (χ1n) is 13.5. The molecule has 6 rings (SSSR count). The standard InChI is InChI=1S/C36H36Si/c1-23-13-24(2)16-29(15-23)33-11-7-9-27-19-31(21-35(27)33)37(5,6)32-20-28-10-8-12-34(36(28)22-32)30-17-25(3)14-26(4)18-30/h7-18,21-22H,19-20H2,1-6H3. The van der Waals surface area contributed by atoms with Crippen LogP contribution in [0.5, 0.6) is 0 Å². The Morgan fingerprint density at radius 1 is 0.514 bits per heavy atom. The van der Waals surface area contributed by atoms with Gasteiger partial charge in [0.25, 0.3) is 0 Å². The summed E-state index contributed by atoms with van der Waals surface area (Å²) in [7, 11) is -1.80. The van der Waals surface area contributed by atoms with E-state index >= 15 is 0 Å². The van der Waals surface area contributed by atoms with Gasteiger partial charge in [-0.25, -0.2) is 0 Å². The normalized spacial score (nSPS) is 14.3. The zero-order valence-corrected chi connectivity index (χ0v) is 24.0. The smallest absolute Gasteiger partial charge is 0.0714 e. The van der Waals surface area contributed by atoms with E-state index in [2.05, 4.69) is 126 Å². The van der Waals surface area contributed by atoms with Crippen molar-refractivity contribution in [3.8, 4) is 22.3 Å². The van der Waals surface area contributed by atoms with Gasteiger partial charge in [0.2, 0.25) is 0 Å². The highest BCUT2D eigenvalue weighted by Crippen LogP contribution is 2.43. The lowest BCUT2D eigenvalue weighted by Crippen LogP contribution is -2.32. The van der Waals surface area contributed by atoms with Gasteiger partial charge in [-0.2, -0.15) is 0 Å². The van der Waals surface area contributed by atoms with Crippen LogP contribution in [0.15, 0.2) is 83.2 Å². The highest BCUT2D eigenvalue weighted by molar-refractivity contribution is 6.92. The predicted molar refractivity (Wildman–Crippen MR) is 164 cm³/mol. The molecular formula is C36H36Si. The number of benzene rings is 4. The molecule has 0 saturated carbocycles. The van der Waals surface area contributed by atoms with Gasteiger partial charge in [0.15, 0.2) is 0 Å². The molecule has 0 nitrogen and oxygen atoms in total. The summed E-state index contributed by atoms with van der Waals surface area (Å²) in [6, 6.07) is 27.7.